The van der Waals surface area contributed by atoms with Crippen LogP contribution >= 0.6 is 0 Å². The largest absolute Gasteiger partial charge is 0.381 e. The molecule has 1 aliphatic heterocycles. The summed E-state index contributed by atoms with van der Waals surface area (Å²) in [5, 5.41) is 6.34. The average molecular weight is 228 g/mol. The van der Waals surface area contributed by atoms with Crippen LogP contribution < -0.4 is 10.6 Å². The summed E-state index contributed by atoms with van der Waals surface area (Å²) < 4.78 is 5.26. The van der Waals surface area contributed by atoms with E-state index in [2.05, 4.69) is 17.6 Å². The highest BCUT2D eigenvalue weighted by Crippen LogP contribution is 2.07. The van der Waals surface area contributed by atoms with Crippen molar-refractivity contribution in [2.24, 2.45) is 0 Å². The van der Waals surface area contributed by atoms with Crippen LogP contribution in [0.3, 0.4) is 0 Å². The molecular weight excluding hydrogens is 204 g/mol. The Morgan fingerprint density at radius 2 is 2.38 bits per heavy atom. The first-order chi connectivity index (χ1) is 7.83. The van der Waals surface area contributed by atoms with E-state index < -0.39 is 0 Å². The van der Waals surface area contributed by atoms with E-state index in [1.54, 1.807) is 0 Å². The van der Waals surface area contributed by atoms with Gasteiger partial charge in [0.15, 0.2) is 0 Å². The van der Waals surface area contributed by atoms with E-state index in [1.807, 2.05) is 0 Å². The van der Waals surface area contributed by atoms with Gasteiger partial charge in [-0.1, -0.05) is 6.92 Å². The van der Waals surface area contributed by atoms with Crippen molar-refractivity contribution >= 4 is 5.91 Å². The van der Waals surface area contributed by atoms with Crippen LogP contribution in [0.25, 0.3) is 0 Å². The molecule has 0 aromatic rings. The minimum Gasteiger partial charge on any atom is -0.381 e. The van der Waals surface area contributed by atoms with Crippen molar-refractivity contribution in [1.82, 2.24) is 10.6 Å². The lowest BCUT2D eigenvalue weighted by Gasteiger charge is -2.10. The summed E-state index contributed by atoms with van der Waals surface area (Å²) in [6, 6.07) is 0.608. The first-order valence-electron chi connectivity index (χ1n) is 6.40. The maximum Gasteiger partial charge on any atom is 0.222 e. The minimum absolute atomic E-state index is 0.106. The molecule has 0 radical (unpaired) electrons. The van der Waals surface area contributed by atoms with Gasteiger partial charge < -0.3 is 15.4 Å². The van der Waals surface area contributed by atoms with Crippen molar-refractivity contribution in [2.45, 2.75) is 45.1 Å². The summed E-state index contributed by atoms with van der Waals surface area (Å²) in [7, 11) is 0. The third kappa shape index (κ3) is 6.08. The Bertz CT molecular complexity index is 191. The Kier molecular flexibility index (Phi) is 7.17. The van der Waals surface area contributed by atoms with Gasteiger partial charge in [0.05, 0.1) is 6.61 Å². The standard InChI is InChI=1S/C12H24N2O2/c1-2-9-16-10-6-12(15)14-8-5-11-4-3-7-13-11/h11,13H,2-10H2,1H3,(H,14,15). The van der Waals surface area contributed by atoms with Gasteiger partial charge in [0, 0.05) is 25.6 Å². The molecule has 1 heterocycles. The lowest BCUT2D eigenvalue weighted by Crippen LogP contribution is -2.31. The second kappa shape index (κ2) is 8.53. The highest BCUT2D eigenvalue weighted by atomic mass is 16.5. The summed E-state index contributed by atoms with van der Waals surface area (Å²) in [6.45, 7) is 5.27. The molecule has 1 fully saturated rings. The first-order valence-corrected chi connectivity index (χ1v) is 6.40. The molecular formula is C12H24N2O2. The van der Waals surface area contributed by atoms with Gasteiger partial charge in [-0.15, -0.1) is 0 Å². The van der Waals surface area contributed by atoms with Crippen molar-refractivity contribution in [3.63, 3.8) is 0 Å². The number of rotatable bonds is 8. The molecule has 2 N–H and O–H groups in total. The van der Waals surface area contributed by atoms with Gasteiger partial charge in [0.25, 0.3) is 0 Å². The smallest absolute Gasteiger partial charge is 0.222 e. The van der Waals surface area contributed by atoms with Gasteiger partial charge in [0.2, 0.25) is 5.91 Å². The molecule has 1 aliphatic rings. The molecule has 1 amide bonds. The fourth-order valence-corrected chi connectivity index (χ4v) is 1.89. The van der Waals surface area contributed by atoms with Crippen LogP contribution in [0.5, 0.6) is 0 Å². The van der Waals surface area contributed by atoms with E-state index in [4.69, 9.17) is 4.74 Å². The fraction of sp³-hybridized carbons (Fsp3) is 0.917. The second-order valence-electron chi connectivity index (χ2n) is 4.29. The van der Waals surface area contributed by atoms with Gasteiger partial charge in [-0.3, -0.25) is 4.79 Å². The van der Waals surface area contributed by atoms with E-state index in [9.17, 15) is 4.79 Å². The highest BCUT2D eigenvalue weighted by Gasteiger charge is 2.13. The van der Waals surface area contributed by atoms with E-state index in [0.717, 1.165) is 32.5 Å². The SMILES string of the molecule is CCCOCCC(=O)NCCC1CCCN1. The third-order valence-electron chi connectivity index (χ3n) is 2.80. The van der Waals surface area contributed by atoms with Gasteiger partial charge in [-0.05, 0) is 32.2 Å². The van der Waals surface area contributed by atoms with Crippen molar-refractivity contribution in [3.05, 3.63) is 0 Å². The summed E-state index contributed by atoms with van der Waals surface area (Å²) in [6.07, 6.45) is 5.05. The van der Waals surface area contributed by atoms with Crippen molar-refractivity contribution in [3.8, 4) is 0 Å². The molecule has 1 atom stereocenters. The van der Waals surface area contributed by atoms with Gasteiger partial charge in [-0.2, -0.15) is 0 Å². The van der Waals surface area contributed by atoms with Crippen LogP contribution in [0.4, 0.5) is 0 Å². The second-order valence-corrected chi connectivity index (χ2v) is 4.29. The van der Waals surface area contributed by atoms with E-state index >= 15 is 0 Å². The normalized spacial score (nSPS) is 19.9. The molecule has 0 aliphatic carbocycles. The van der Waals surface area contributed by atoms with Crippen LogP contribution in [0.2, 0.25) is 0 Å². The molecule has 4 nitrogen and oxygen atoms in total. The Morgan fingerprint density at radius 3 is 3.06 bits per heavy atom. The molecule has 94 valence electrons. The zero-order valence-electron chi connectivity index (χ0n) is 10.3. The Labute approximate surface area is 98.1 Å². The topological polar surface area (TPSA) is 50.4 Å². The number of nitrogens with one attached hydrogen (secondary N) is 2. The molecule has 4 heteroatoms. The zero-order chi connectivity index (χ0) is 11.6. The summed E-state index contributed by atoms with van der Waals surface area (Å²) in [4.78, 5) is 11.4. The maximum absolute atomic E-state index is 11.4. The molecule has 16 heavy (non-hydrogen) atoms. The van der Waals surface area contributed by atoms with Crippen LogP contribution in [0, 0.1) is 0 Å². The van der Waals surface area contributed by atoms with Crippen molar-refractivity contribution in [2.75, 3.05) is 26.3 Å². The lowest BCUT2D eigenvalue weighted by molar-refractivity contribution is -0.122. The number of hydrogen-bond acceptors (Lipinski definition) is 3. The maximum atomic E-state index is 11.4. The predicted molar refractivity (Wildman–Crippen MR) is 64.4 cm³/mol. The first kappa shape index (κ1) is 13.5. The van der Waals surface area contributed by atoms with E-state index in [0.29, 0.717) is 19.1 Å². The number of ether oxygens (including phenoxy) is 1. The van der Waals surface area contributed by atoms with Crippen LogP contribution in [0.1, 0.15) is 39.0 Å². The Morgan fingerprint density at radius 1 is 1.50 bits per heavy atom. The molecule has 1 saturated heterocycles. The molecule has 0 aromatic carbocycles. The van der Waals surface area contributed by atoms with Crippen LogP contribution in [-0.2, 0) is 9.53 Å². The summed E-state index contributed by atoms with van der Waals surface area (Å²) in [5.74, 6) is 0.106. The van der Waals surface area contributed by atoms with Gasteiger partial charge in [-0.25, -0.2) is 0 Å². The minimum atomic E-state index is 0.106. The third-order valence-corrected chi connectivity index (χ3v) is 2.80. The van der Waals surface area contributed by atoms with Crippen LogP contribution in [-0.4, -0.2) is 38.3 Å². The number of amides is 1. The monoisotopic (exact) mass is 228 g/mol. The van der Waals surface area contributed by atoms with Gasteiger partial charge in [0.1, 0.15) is 0 Å². The predicted octanol–water partition coefficient (Wildman–Crippen LogP) is 1.06. The fourth-order valence-electron chi connectivity index (χ4n) is 1.89. The molecule has 1 rings (SSSR count). The quantitative estimate of drug-likeness (QED) is 0.611. The number of carbonyl (C=O) groups excluding carboxylic acids is 1. The zero-order valence-corrected chi connectivity index (χ0v) is 10.3. The summed E-state index contributed by atoms with van der Waals surface area (Å²) >= 11 is 0. The van der Waals surface area contributed by atoms with Crippen molar-refractivity contribution in [1.29, 1.82) is 0 Å². The number of carbonyl (C=O) groups is 1. The average Bonchev–Trinajstić information content (AvgIpc) is 2.77. The molecule has 1 unspecified atom stereocenters. The van der Waals surface area contributed by atoms with E-state index in [1.165, 1.54) is 12.8 Å². The van der Waals surface area contributed by atoms with Gasteiger partial charge >= 0.3 is 0 Å². The lowest BCUT2D eigenvalue weighted by atomic mass is 10.1. The van der Waals surface area contributed by atoms with E-state index in [-0.39, 0.29) is 5.91 Å². The highest BCUT2D eigenvalue weighted by molar-refractivity contribution is 5.75. The molecule has 0 saturated carbocycles. The Hall–Kier alpha value is -0.610. The number of hydrogen-bond donors (Lipinski definition) is 2. The molecule has 0 bridgehead atoms. The molecule has 0 spiro atoms. The van der Waals surface area contributed by atoms with Crippen molar-refractivity contribution < 1.29 is 9.53 Å². The van der Waals surface area contributed by atoms with Crippen LogP contribution in [0.15, 0.2) is 0 Å². The molecule has 0 aromatic heterocycles. The summed E-state index contributed by atoms with van der Waals surface area (Å²) in [5.41, 5.74) is 0. The Balaban J connectivity index is 1.89.